The summed E-state index contributed by atoms with van der Waals surface area (Å²) in [5, 5.41) is 0. The molecule has 9 heteroatoms. The van der Waals surface area contributed by atoms with Crippen LogP contribution in [0, 0.1) is 11.6 Å². The Morgan fingerprint density at radius 1 is 1.12 bits per heavy atom. The largest absolute Gasteiger partial charge is 0.468 e. The van der Waals surface area contributed by atoms with Crippen molar-refractivity contribution in [1.82, 2.24) is 4.72 Å². The fourth-order valence-corrected chi connectivity index (χ4v) is 3.41. The van der Waals surface area contributed by atoms with Crippen molar-refractivity contribution in [1.29, 1.82) is 0 Å². The van der Waals surface area contributed by atoms with Crippen LogP contribution in [-0.4, -0.2) is 27.3 Å². The molecule has 0 heterocycles. The second-order valence-corrected chi connectivity index (χ2v) is 7.04. The zero-order chi connectivity index (χ0) is 19.5. The molecule has 26 heavy (non-hydrogen) atoms. The minimum atomic E-state index is -4.34. The fourth-order valence-electron chi connectivity index (χ4n) is 2.20. The zero-order valence-electron chi connectivity index (χ0n) is 13.8. The number of ether oxygens (including phenoxy) is 1. The summed E-state index contributed by atoms with van der Waals surface area (Å²) in [4.78, 5) is 23.1. The number of benzene rings is 2. The van der Waals surface area contributed by atoms with Crippen LogP contribution in [0.3, 0.4) is 0 Å². The van der Waals surface area contributed by atoms with Gasteiger partial charge in [-0.1, -0.05) is 12.1 Å². The average molecular weight is 383 g/mol. The number of esters is 1. The van der Waals surface area contributed by atoms with E-state index < -0.39 is 39.2 Å². The summed E-state index contributed by atoms with van der Waals surface area (Å²) in [6, 6.07) is 5.58. The minimum absolute atomic E-state index is 0.138. The molecule has 6 nitrogen and oxygen atoms in total. The number of carbonyl (C=O) groups is 2. The number of rotatable bonds is 6. The normalized spacial score (nSPS) is 12.5. The van der Waals surface area contributed by atoms with Gasteiger partial charge >= 0.3 is 5.97 Å². The Bertz CT molecular complexity index is 959. The van der Waals surface area contributed by atoms with E-state index in [1.807, 2.05) is 4.72 Å². The van der Waals surface area contributed by atoms with Gasteiger partial charge in [-0.15, -0.1) is 0 Å². The van der Waals surface area contributed by atoms with Crippen LogP contribution in [0.1, 0.15) is 28.9 Å². The van der Waals surface area contributed by atoms with Gasteiger partial charge in [0.15, 0.2) is 5.78 Å². The molecule has 0 aromatic heterocycles. The molecule has 0 aliphatic carbocycles. The van der Waals surface area contributed by atoms with Crippen molar-refractivity contribution in [2.75, 3.05) is 7.11 Å². The molecule has 0 aliphatic heterocycles. The average Bonchev–Trinajstić information content (AvgIpc) is 2.61. The van der Waals surface area contributed by atoms with Crippen molar-refractivity contribution < 1.29 is 31.5 Å². The molecule has 0 saturated heterocycles. The van der Waals surface area contributed by atoms with Crippen LogP contribution >= 0.6 is 0 Å². The topological polar surface area (TPSA) is 89.5 Å². The van der Waals surface area contributed by atoms with Crippen molar-refractivity contribution >= 4 is 21.8 Å². The Balaban J connectivity index is 2.48. The molecule has 2 rings (SSSR count). The summed E-state index contributed by atoms with van der Waals surface area (Å²) in [5.41, 5.74) is -0.387. The number of hydrogen-bond donors (Lipinski definition) is 1. The van der Waals surface area contributed by atoms with Crippen LogP contribution < -0.4 is 4.72 Å². The first-order valence-corrected chi connectivity index (χ1v) is 8.80. The number of sulfonamides is 1. The lowest BCUT2D eigenvalue weighted by Gasteiger charge is -2.18. The molecule has 0 radical (unpaired) electrons. The predicted molar refractivity (Wildman–Crippen MR) is 87.9 cm³/mol. The van der Waals surface area contributed by atoms with E-state index in [1.165, 1.54) is 25.1 Å². The fraction of sp³-hybridized carbons (Fsp3) is 0.176. The van der Waals surface area contributed by atoms with E-state index in [0.29, 0.717) is 6.07 Å². The van der Waals surface area contributed by atoms with E-state index >= 15 is 0 Å². The third-order valence-corrected chi connectivity index (χ3v) is 4.95. The number of Topliss-reactive ketones (excluding diaryl/α,β-unsaturated/α-hetero) is 1. The van der Waals surface area contributed by atoms with Crippen LogP contribution in [0.15, 0.2) is 47.4 Å². The van der Waals surface area contributed by atoms with Gasteiger partial charge in [0.1, 0.15) is 17.7 Å². The van der Waals surface area contributed by atoms with Crippen molar-refractivity contribution in [2.45, 2.75) is 17.9 Å². The van der Waals surface area contributed by atoms with Gasteiger partial charge < -0.3 is 4.74 Å². The molecule has 2 aromatic rings. The molecule has 0 unspecified atom stereocenters. The van der Waals surface area contributed by atoms with Crippen molar-refractivity contribution in [2.24, 2.45) is 0 Å². The van der Waals surface area contributed by atoms with Gasteiger partial charge in [0.2, 0.25) is 10.0 Å². The maximum Gasteiger partial charge on any atom is 0.328 e. The first-order valence-electron chi connectivity index (χ1n) is 7.32. The standard InChI is InChI=1S/C17H15F2NO5S/c1-10(21)11-4-3-5-13(8-11)26(23,24)20-16(17(22)25-2)14-9-12(18)6-7-15(14)19/h3-9,16,20H,1-2H3/t16-/m0/s1. The quantitative estimate of drug-likeness (QED) is 0.611. The van der Waals surface area contributed by atoms with E-state index in [1.54, 1.807) is 0 Å². The zero-order valence-corrected chi connectivity index (χ0v) is 14.6. The molecule has 0 amide bonds. The van der Waals surface area contributed by atoms with Gasteiger partial charge in [0, 0.05) is 11.1 Å². The van der Waals surface area contributed by atoms with Crippen LogP contribution in [0.4, 0.5) is 8.78 Å². The van der Waals surface area contributed by atoms with Crippen molar-refractivity contribution in [3.63, 3.8) is 0 Å². The van der Waals surface area contributed by atoms with Crippen LogP contribution in [0.25, 0.3) is 0 Å². The highest BCUT2D eigenvalue weighted by atomic mass is 32.2. The summed E-state index contributed by atoms with van der Waals surface area (Å²) in [7, 11) is -3.36. The Labute approximate surface area is 148 Å². The molecular formula is C17H15F2NO5S. The highest BCUT2D eigenvalue weighted by molar-refractivity contribution is 7.89. The smallest absolute Gasteiger partial charge is 0.328 e. The highest BCUT2D eigenvalue weighted by Gasteiger charge is 2.30. The van der Waals surface area contributed by atoms with Gasteiger partial charge in [0.25, 0.3) is 0 Å². The van der Waals surface area contributed by atoms with E-state index in [2.05, 4.69) is 4.74 Å². The van der Waals surface area contributed by atoms with Crippen LogP contribution in [0.5, 0.6) is 0 Å². The first kappa shape index (κ1) is 19.7. The third-order valence-electron chi connectivity index (χ3n) is 3.53. The molecule has 0 spiro atoms. The lowest BCUT2D eigenvalue weighted by molar-refractivity contribution is -0.142. The molecule has 138 valence electrons. The minimum Gasteiger partial charge on any atom is -0.468 e. The number of carbonyl (C=O) groups excluding carboxylic acids is 2. The molecular weight excluding hydrogens is 368 g/mol. The molecule has 0 fully saturated rings. The summed E-state index contributed by atoms with van der Waals surface area (Å²) in [6.07, 6.45) is 0. The summed E-state index contributed by atoms with van der Waals surface area (Å²) in [6.45, 7) is 1.26. The maximum atomic E-state index is 14.0. The van der Waals surface area contributed by atoms with E-state index in [4.69, 9.17) is 0 Å². The summed E-state index contributed by atoms with van der Waals surface area (Å²) < 4.78 is 59.1. The monoisotopic (exact) mass is 383 g/mol. The van der Waals surface area contributed by atoms with Gasteiger partial charge in [-0.2, -0.15) is 4.72 Å². The molecule has 2 aromatic carbocycles. The molecule has 0 bridgehead atoms. The summed E-state index contributed by atoms with van der Waals surface area (Å²) in [5.74, 6) is -3.32. The molecule has 0 saturated carbocycles. The molecule has 1 atom stereocenters. The maximum absolute atomic E-state index is 14.0. The Morgan fingerprint density at radius 2 is 1.81 bits per heavy atom. The number of hydrogen-bond acceptors (Lipinski definition) is 5. The highest BCUT2D eigenvalue weighted by Crippen LogP contribution is 2.23. The van der Waals surface area contributed by atoms with Crippen molar-refractivity contribution in [3.8, 4) is 0 Å². The van der Waals surface area contributed by atoms with Crippen molar-refractivity contribution in [3.05, 3.63) is 65.2 Å². The van der Waals surface area contributed by atoms with E-state index in [9.17, 15) is 26.8 Å². The Kier molecular flexibility index (Phi) is 5.83. The van der Waals surface area contributed by atoms with Crippen LogP contribution in [-0.2, 0) is 19.6 Å². The van der Waals surface area contributed by atoms with Gasteiger partial charge in [0.05, 0.1) is 12.0 Å². The second kappa shape index (κ2) is 7.71. The Morgan fingerprint density at radius 3 is 2.42 bits per heavy atom. The second-order valence-electron chi connectivity index (χ2n) is 5.33. The lowest BCUT2D eigenvalue weighted by atomic mass is 10.1. The number of ketones is 1. The first-order chi connectivity index (χ1) is 12.2. The third kappa shape index (κ3) is 4.30. The van der Waals surface area contributed by atoms with E-state index in [0.717, 1.165) is 25.3 Å². The molecule has 0 aliphatic rings. The number of halogens is 2. The lowest BCUT2D eigenvalue weighted by Crippen LogP contribution is -2.35. The SMILES string of the molecule is COC(=O)[C@@H](NS(=O)(=O)c1cccc(C(C)=O)c1)c1cc(F)ccc1F. The predicted octanol–water partition coefficient (Wildman–Crippen LogP) is 2.36. The van der Waals surface area contributed by atoms with Gasteiger partial charge in [-0.05, 0) is 37.3 Å². The summed E-state index contributed by atoms with van der Waals surface area (Å²) >= 11 is 0. The number of nitrogens with one attached hydrogen (secondary N) is 1. The van der Waals surface area contributed by atoms with Gasteiger partial charge in [-0.3, -0.25) is 4.79 Å². The van der Waals surface area contributed by atoms with E-state index in [-0.39, 0.29) is 16.2 Å². The molecule has 1 N–H and O–H groups in total. The van der Waals surface area contributed by atoms with Crippen LogP contribution in [0.2, 0.25) is 0 Å². The van der Waals surface area contributed by atoms with Gasteiger partial charge in [-0.25, -0.2) is 22.0 Å². The Hall–Kier alpha value is -2.65. The number of methoxy groups -OCH3 is 1.